The predicted molar refractivity (Wildman–Crippen MR) is 59.6 cm³/mol. The Kier molecular flexibility index (Phi) is 4.39. The molecule has 0 spiro atoms. The summed E-state index contributed by atoms with van der Waals surface area (Å²) in [4.78, 5) is 0. The summed E-state index contributed by atoms with van der Waals surface area (Å²) in [5, 5.41) is 13.0. The monoisotopic (exact) mass is 213 g/mol. The van der Waals surface area contributed by atoms with Crippen LogP contribution < -0.4 is 5.32 Å². The SMILES string of the molecule is Cc1cc(CNC[C@@H](C)O)ccc1Cl. The van der Waals surface area contributed by atoms with Gasteiger partial charge in [-0.25, -0.2) is 0 Å². The van der Waals surface area contributed by atoms with E-state index >= 15 is 0 Å². The van der Waals surface area contributed by atoms with Crippen molar-refractivity contribution in [2.75, 3.05) is 6.54 Å². The van der Waals surface area contributed by atoms with Crippen LogP contribution in [0.2, 0.25) is 5.02 Å². The highest BCUT2D eigenvalue weighted by Crippen LogP contribution is 2.15. The summed E-state index contributed by atoms with van der Waals surface area (Å²) in [5.41, 5.74) is 2.27. The Morgan fingerprint density at radius 3 is 2.79 bits per heavy atom. The van der Waals surface area contributed by atoms with Gasteiger partial charge in [-0.1, -0.05) is 23.7 Å². The number of nitrogens with one attached hydrogen (secondary N) is 1. The zero-order valence-electron chi connectivity index (χ0n) is 8.55. The normalized spacial score (nSPS) is 12.9. The summed E-state index contributed by atoms with van der Waals surface area (Å²) in [5.74, 6) is 0. The van der Waals surface area contributed by atoms with Gasteiger partial charge in [0.25, 0.3) is 0 Å². The van der Waals surface area contributed by atoms with Crippen molar-refractivity contribution in [3.8, 4) is 0 Å². The number of halogens is 1. The van der Waals surface area contributed by atoms with Gasteiger partial charge in [-0.2, -0.15) is 0 Å². The van der Waals surface area contributed by atoms with Crippen LogP contribution in [0, 0.1) is 6.92 Å². The van der Waals surface area contributed by atoms with Crippen molar-refractivity contribution in [3.63, 3.8) is 0 Å². The number of benzene rings is 1. The van der Waals surface area contributed by atoms with Gasteiger partial charge in [-0.05, 0) is 31.0 Å². The molecule has 0 aromatic heterocycles. The maximum atomic E-state index is 9.05. The summed E-state index contributed by atoms with van der Waals surface area (Å²) in [6.45, 7) is 5.13. The van der Waals surface area contributed by atoms with Crippen LogP contribution in [-0.4, -0.2) is 17.8 Å². The summed E-state index contributed by atoms with van der Waals surface area (Å²) in [6, 6.07) is 5.94. The number of aliphatic hydroxyl groups is 1. The molecule has 2 nitrogen and oxygen atoms in total. The molecule has 0 aliphatic heterocycles. The van der Waals surface area contributed by atoms with Gasteiger partial charge in [0.2, 0.25) is 0 Å². The second kappa shape index (κ2) is 5.35. The zero-order valence-corrected chi connectivity index (χ0v) is 9.30. The van der Waals surface area contributed by atoms with Gasteiger partial charge in [0.15, 0.2) is 0 Å². The molecule has 1 rings (SSSR count). The number of aryl methyl sites for hydroxylation is 1. The Labute approximate surface area is 89.9 Å². The summed E-state index contributed by atoms with van der Waals surface area (Å²) < 4.78 is 0. The van der Waals surface area contributed by atoms with Gasteiger partial charge in [0.1, 0.15) is 0 Å². The van der Waals surface area contributed by atoms with E-state index in [0.717, 1.165) is 17.1 Å². The molecule has 0 aliphatic rings. The minimum absolute atomic E-state index is 0.302. The molecule has 1 aromatic rings. The van der Waals surface area contributed by atoms with Crippen LogP contribution in [0.15, 0.2) is 18.2 Å². The van der Waals surface area contributed by atoms with Crippen LogP contribution in [0.25, 0.3) is 0 Å². The number of hydrogen-bond donors (Lipinski definition) is 2. The van der Waals surface area contributed by atoms with Gasteiger partial charge in [0.05, 0.1) is 6.10 Å². The number of hydrogen-bond acceptors (Lipinski definition) is 2. The lowest BCUT2D eigenvalue weighted by molar-refractivity contribution is 0.191. The largest absolute Gasteiger partial charge is 0.392 e. The van der Waals surface area contributed by atoms with E-state index in [4.69, 9.17) is 16.7 Å². The maximum absolute atomic E-state index is 9.05. The van der Waals surface area contributed by atoms with E-state index in [9.17, 15) is 0 Å². The van der Waals surface area contributed by atoms with Gasteiger partial charge in [-0.3, -0.25) is 0 Å². The van der Waals surface area contributed by atoms with E-state index in [1.807, 2.05) is 19.1 Å². The minimum atomic E-state index is -0.302. The van der Waals surface area contributed by atoms with Crippen molar-refractivity contribution in [1.82, 2.24) is 5.32 Å². The van der Waals surface area contributed by atoms with Crippen LogP contribution >= 0.6 is 11.6 Å². The van der Waals surface area contributed by atoms with Crippen molar-refractivity contribution in [2.45, 2.75) is 26.5 Å². The Morgan fingerprint density at radius 2 is 2.21 bits per heavy atom. The predicted octanol–water partition coefficient (Wildman–Crippen LogP) is 2.12. The first kappa shape index (κ1) is 11.5. The van der Waals surface area contributed by atoms with Crippen molar-refractivity contribution in [1.29, 1.82) is 0 Å². The van der Waals surface area contributed by atoms with E-state index in [2.05, 4.69) is 11.4 Å². The number of rotatable bonds is 4. The molecule has 0 saturated heterocycles. The highest BCUT2D eigenvalue weighted by atomic mass is 35.5. The Hall–Kier alpha value is -0.570. The molecule has 0 bridgehead atoms. The third-order valence-electron chi connectivity index (χ3n) is 1.99. The quantitative estimate of drug-likeness (QED) is 0.803. The third kappa shape index (κ3) is 3.66. The molecule has 0 aliphatic carbocycles. The molecule has 0 heterocycles. The van der Waals surface area contributed by atoms with E-state index in [0.29, 0.717) is 6.54 Å². The molecule has 0 fully saturated rings. The first-order valence-corrected chi connectivity index (χ1v) is 5.11. The van der Waals surface area contributed by atoms with E-state index < -0.39 is 0 Å². The second-order valence-electron chi connectivity index (χ2n) is 3.56. The molecule has 0 saturated carbocycles. The van der Waals surface area contributed by atoms with Crippen LogP contribution in [-0.2, 0) is 6.54 Å². The fourth-order valence-electron chi connectivity index (χ4n) is 1.24. The molecule has 3 heteroatoms. The smallest absolute Gasteiger partial charge is 0.0636 e. The highest BCUT2D eigenvalue weighted by Gasteiger charge is 1.98. The molecule has 2 N–H and O–H groups in total. The standard InChI is InChI=1S/C11H16ClNO/c1-8-5-10(3-4-11(8)12)7-13-6-9(2)14/h3-5,9,13-14H,6-7H2,1-2H3/t9-/m1/s1. The van der Waals surface area contributed by atoms with Crippen molar-refractivity contribution >= 4 is 11.6 Å². The average molecular weight is 214 g/mol. The first-order valence-electron chi connectivity index (χ1n) is 4.73. The fraction of sp³-hybridized carbons (Fsp3) is 0.455. The van der Waals surface area contributed by atoms with Gasteiger partial charge >= 0.3 is 0 Å². The molecular weight excluding hydrogens is 198 g/mol. The molecule has 0 radical (unpaired) electrons. The lowest BCUT2D eigenvalue weighted by atomic mass is 10.1. The number of aliphatic hydroxyl groups excluding tert-OH is 1. The lowest BCUT2D eigenvalue weighted by Gasteiger charge is -2.07. The van der Waals surface area contributed by atoms with Gasteiger partial charge in [-0.15, -0.1) is 0 Å². The van der Waals surface area contributed by atoms with E-state index in [1.165, 1.54) is 5.56 Å². The van der Waals surface area contributed by atoms with E-state index in [1.54, 1.807) is 6.92 Å². The summed E-state index contributed by atoms with van der Waals surface area (Å²) >= 11 is 5.90. The van der Waals surface area contributed by atoms with E-state index in [-0.39, 0.29) is 6.10 Å². The highest BCUT2D eigenvalue weighted by molar-refractivity contribution is 6.31. The van der Waals surface area contributed by atoms with Crippen molar-refractivity contribution in [2.24, 2.45) is 0 Å². The fourth-order valence-corrected chi connectivity index (χ4v) is 1.36. The molecule has 14 heavy (non-hydrogen) atoms. The zero-order chi connectivity index (χ0) is 10.6. The van der Waals surface area contributed by atoms with Gasteiger partial charge < -0.3 is 10.4 Å². The van der Waals surface area contributed by atoms with Crippen LogP contribution in [0.5, 0.6) is 0 Å². The van der Waals surface area contributed by atoms with Crippen molar-refractivity contribution < 1.29 is 5.11 Å². The molecule has 0 unspecified atom stereocenters. The molecule has 1 aromatic carbocycles. The summed E-state index contributed by atoms with van der Waals surface area (Å²) in [7, 11) is 0. The van der Waals surface area contributed by atoms with Crippen molar-refractivity contribution in [3.05, 3.63) is 34.3 Å². The topological polar surface area (TPSA) is 32.3 Å². The average Bonchev–Trinajstić information content (AvgIpc) is 2.10. The molecule has 1 atom stereocenters. The van der Waals surface area contributed by atoms with Crippen LogP contribution in [0.1, 0.15) is 18.1 Å². The third-order valence-corrected chi connectivity index (χ3v) is 2.42. The lowest BCUT2D eigenvalue weighted by Crippen LogP contribution is -2.23. The summed E-state index contributed by atoms with van der Waals surface area (Å²) in [6.07, 6.45) is -0.302. The second-order valence-corrected chi connectivity index (χ2v) is 3.97. The molecule has 78 valence electrons. The molecule has 0 amide bonds. The van der Waals surface area contributed by atoms with Crippen LogP contribution in [0.4, 0.5) is 0 Å². The minimum Gasteiger partial charge on any atom is -0.392 e. The maximum Gasteiger partial charge on any atom is 0.0636 e. The Bertz CT molecular complexity index is 299. The molecular formula is C11H16ClNO. The first-order chi connectivity index (χ1) is 6.59. The van der Waals surface area contributed by atoms with Crippen LogP contribution in [0.3, 0.4) is 0 Å². The Balaban J connectivity index is 2.47. The Morgan fingerprint density at radius 1 is 1.50 bits per heavy atom. The van der Waals surface area contributed by atoms with Gasteiger partial charge in [0, 0.05) is 18.1 Å².